The third-order valence-electron chi connectivity index (χ3n) is 4.01. The van der Waals surface area contributed by atoms with E-state index in [4.69, 9.17) is 0 Å². The maximum atomic E-state index is 3.71. The molecular formula is C13H27N3. The highest BCUT2D eigenvalue weighted by Gasteiger charge is 2.18. The van der Waals surface area contributed by atoms with Crippen LogP contribution in [0.2, 0.25) is 0 Å². The highest BCUT2D eigenvalue weighted by Crippen LogP contribution is 2.11. The summed E-state index contributed by atoms with van der Waals surface area (Å²) in [6.45, 7) is 8.52. The molecule has 0 radical (unpaired) electrons. The van der Waals surface area contributed by atoms with E-state index in [1.54, 1.807) is 0 Å². The van der Waals surface area contributed by atoms with Crippen LogP contribution in [0.25, 0.3) is 0 Å². The molecule has 2 N–H and O–H groups in total. The van der Waals surface area contributed by atoms with Crippen molar-refractivity contribution in [1.29, 1.82) is 0 Å². The minimum Gasteiger partial charge on any atom is -0.315 e. The van der Waals surface area contributed by atoms with Gasteiger partial charge in [0.2, 0.25) is 0 Å². The minimum atomic E-state index is 0.709. The molecule has 16 heavy (non-hydrogen) atoms. The summed E-state index contributed by atoms with van der Waals surface area (Å²) in [6, 6.07) is 1.42. The van der Waals surface area contributed by atoms with Crippen molar-refractivity contribution >= 4 is 0 Å². The van der Waals surface area contributed by atoms with Gasteiger partial charge in [0, 0.05) is 25.2 Å². The Labute approximate surface area is 100.0 Å². The van der Waals surface area contributed by atoms with Crippen molar-refractivity contribution in [3.8, 4) is 0 Å². The second-order valence-corrected chi connectivity index (χ2v) is 5.40. The molecule has 2 aliphatic rings. The van der Waals surface area contributed by atoms with Crippen molar-refractivity contribution in [2.24, 2.45) is 0 Å². The zero-order chi connectivity index (χ0) is 11.2. The van der Waals surface area contributed by atoms with E-state index in [2.05, 4.69) is 22.5 Å². The fraction of sp³-hybridized carbons (Fsp3) is 1.00. The highest BCUT2D eigenvalue weighted by atomic mass is 15.2. The predicted molar refractivity (Wildman–Crippen MR) is 68.8 cm³/mol. The number of nitrogens with zero attached hydrogens (tertiary/aromatic N) is 1. The number of piperidine rings is 2. The van der Waals surface area contributed by atoms with Crippen molar-refractivity contribution in [2.75, 3.05) is 32.7 Å². The molecule has 3 heteroatoms. The quantitative estimate of drug-likeness (QED) is 0.753. The van der Waals surface area contributed by atoms with Crippen LogP contribution < -0.4 is 10.6 Å². The summed E-state index contributed by atoms with van der Waals surface area (Å²) < 4.78 is 0. The van der Waals surface area contributed by atoms with E-state index in [1.165, 1.54) is 51.7 Å². The largest absolute Gasteiger partial charge is 0.315 e. The Bertz CT molecular complexity index is 184. The van der Waals surface area contributed by atoms with E-state index < -0.39 is 0 Å². The fourth-order valence-electron chi connectivity index (χ4n) is 2.85. The van der Waals surface area contributed by atoms with Crippen LogP contribution in [0.15, 0.2) is 0 Å². The van der Waals surface area contributed by atoms with Crippen LogP contribution >= 0.6 is 0 Å². The summed E-state index contributed by atoms with van der Waals surface area (Å²) in [5.74, 6) is 0. The monoisotopic (exact) mass is 225 g/mol. The molecule has 0 aliphatic carbocycles. The van der Waals surface area contributed by atoms with Crippen LogP contribution in [0.1, 0.15) is 39.0 Å². The zero-order valence-electron chi connectivity index (χ0n) is 10.7. The van der Waals surface area contributed by atoms with E-state index in [9.17, 15) is 0 Å². The van der Waals surface area contributed by atoms with Crippen molar-refractivity contribution in [2.45, 2.75) is 51.1 Å². The molecule has 3 nitrogen and oxygen atoms in total. The molecule has 2 atom stereocenters. The fourth-order valence-corrected chi connectivity index (χ4v) is 2.85. The molecule has 2 heterocycles. The first-order valence-electron chi connectivity index (χ1n) is 7.04. The molecule has 2 saturated heterocycles. The molecule has 0 saturated carbocycles. The maximum absolute atomic E-state index is 3.71. The molecule has 2 rings (SSSR count). The van der Waals surface area contributed by atoms with E-state index in [1.807, 2.05) is 0 Å². The highest BCUT2D eigenvalue weighted by molar-refractivity contribution is 4.79. The summed E-state index contributed by atoms with van der Waals surface area (Å²) in [7, 11) is 0. The molecular weight excluding hydrogens is 198 g/mol. The third-order valence-corrected chi connectivity index (χ3v) is 4.01. The van der Waals surface area contributed by atoms with Gasteiger partial charge >= 0.3 is 0 Å². The molecule has 0 bridgehead atoms. The predicted octanol–water partition coefficient (Wildman–Crippen LogP) is 1.20. The van der Waals surface area contributed by atoms with Gasteiger partial charge in [-0.3, -0.25) is 4.90 Å². The van der Waals surface area contributed by atoms with E-state index >= 15 is 0 Å². The summed E-state index contributed by atoms with van der Waals surface area (Å²) >= 11 is 0. The Morgan fingerprint density at radius 1 is 1.25 bits per heavy atom. The lowest BCUT2D eigenvalue weighted by atomic mass is 10.1. The van der Waals surface area contributed by atoms with Gasteiger partial charge in [-0.2, -0.15) is 0 Å². The van der Waals surface area contributed by atoms with Gasteiger partial charge < -0.3 is 10.6 Å². The molecule has 0 amide bonds. The Morgan fingerprint density at radius 2 is 2.06 bits per heavy atom. The summed E-state index contributed by atoms with van der Waals surface area (Å²) in [5, 5.41) is 7.18. The first-order chi connectivity index (χ1) is 7.86. The van der Waals surface area contributed by atoms with Gasteiger partial charge in [-0.05, 0) is 52.2 Å². The minimum absolute atomic E-state index is 0.709. The normalized spacial score (nSPS) is 30.2. The van der Waals surface area contributed by atoms with Gasteiger partial charge in [0.05, 0.1) is 0 Å². The number of likely N-dealkylation sites (tertiary alicyclic amines) is 1. The molecule has 0 aromatic heterocycles. The first-order valence-corrected chi connectivity index (χ1v) is 7.04. The van der Waals surface area contributed by atoms with Crippen LogP contribution in [-0.2, 0) is 0 Å². The van der Waals surface area contributed by atoms with Crippen LogP contribution in [0, 0.1) is 0 Å². The van der Waals surface area contributed by atoms with E-state index in [0.717, 1.165) is 13.1 Å². The number of hydrogen-bond acceptors (Lipinski definition) is 3. The Balaban J connectivity index is 1.63. The maximum Gasteiger partial charge on any atom is 0.0193 e. The molecule has 2 aliphatic heterocycles. The Kier molecular flexibility index (Phi) is 5.07. The lowest BCUT2D eigenvalue weighted by Crippen LogP contribution is -2.49. The zero-order valence-corrected chi connectivity index (χ0v) is 10.7. The lowest BCUT2D eigenvalue weighted by Gasteiger charge is -2.34. The summed E-state index contributed by atoms with van der Waals surface area (Å²) in [6.07, 6.45) is 6.91. The van der Waals surface area contributed by atoms with Crippen molar-refractivity contribution < 1.29 is 0 Å². The second kappa shape index (κ2) is 6.58. The van der Waals surface area contributed by atoms with Crippen LogP contribution in [0.3, 0.4) is 0 Å². The first kappa shape index (κ1) is 12.3. The smallest absolute Gasteiger partial charge is 0.0193 e. The van der Waals surface area contributed by atoms with Gasteiger partial charge in [-0.25, -0.2) is 0 Å². The van der Waals surface area contributed by atoms with Crippen molar-refractivity contribution in [3.05, 3.63) is 0 Å². The van der Waals surface area contributed by atoms with E-state index in [-0.39, 0.29) is 0 Å². The Morgan fingerprint density at radius 3 is 2.75 bits per heavy atom. The summed E-state index contributed by atoms with van der Waals surface area (Å²) in [5.41, 5.74) is 0. The van der Waals surface area contributed by atoms with E-state index in [0.29, 0.717) is 12.1 Å². The van der Waals surface area contributed by atoms with Gasteiger partial charge in [0.25, 0.3) is 0 Å². The topological polar surface area (TPSA) is 27.3 Å². The molecule has 2 fully saturated rings. The second-order valence-electron chi connectivity index (χ2n) is 5.40. The number of hydrogen-bond donors (Lipinski definition) is 2. The van der Waals surface area contributed by atoms with Crippen molar-refractivity contribution in [3.63, 3.8) is 0 Å². The number of nitrogens with one attached hydrogen (secondary N) is 2. The average molecular weight is 225 g/mol. The summed E-state index contributed by atoms with van der Waals surface area (Å²) in [4.78, 5) is 2.65. The van der Waals surface area contributed by atoms with Crippen LogP contribution in [0.5, 0.6) is 0 Å². The standard InChI is InChI=1S/C13H27N3/c1-12(16-8-3-2-4-9-16)10-15-13-6-5-7-14-11-13/h12-15H,2-11H2,1H3. The van der Waals surface area contributed by atoms with Crippen LogP contribution in [-0.4, -0.2) is 49.7 Å². The molecule has 0 aromatic rings. The number of rotatable bonds is 4. The molecule has 2 unspecified atom stereocenters. The molecule has 94 valence electrons. The van der Waals surface area contributed by atoms with Gasteiger partial charge in [-0.15, -0.1) is 0 Å². The molecule has 0 spiro atoms. The van der Waals surface area contributed by atoms with Gasteiger partial charge in [-0.1, -0.05) is 6.42 Å². The average Bonchev–Trinajstić information content (AvgIpc) is 2.38. The van der Waals surface area contributed by atoms with Gasteiger partial charge in [0.15, 0.2) is 0 Å². The molecule has 0 aromatic carbocycles. The SMILES string of the molecule is CC(CNC1CCCNC1)N1CCCCC1. The Hall–Kier alpha value is -0.120. The van der Waals surface area contributed by atoms with Gasteiger partial charge in [0.1, 0.15) is 0 Å². The third kappa shape index (κ3) is 3.72. The van der Waals surface area contributed by atoms with Crippen LogP contribution in [0.4, 0.5) is 0 Å². The van der Waals surface area contributed by atoms with Crippen molar-refractivity contribution in [1.82, 2.24) is 15.5 Å². The lowest BCUT2D eigenvalue weighted by molar-refractivity contribution is 0.166.